The molecule has 30 heavy (non-hydrogen) atoms. The second-order valence-corrected chi connectivity index (χ2v) is 7.99. The van der Waals surface area contributed by atoms with Crippen molar-refractivity contribution in [2.45, 2.75) is 31.6 Å². The molecule has 0 saturated heterocycles. The van der Waals surface area contributed by atoms with Crippen LogP contribution in [0.2, 0.25) is 0 Å². The summed E-state index contributed by atoms with van der Waals surface area (Å²) in [5, 5.41) is 5.49. The van der Waals surface area contributed by atoms with E-state index in [0.717, 1.165) is 5.56 Å². The van der Waals surface area contributed by atoms with Gasteiger partial charge in [0.15, 0.2) is 5.17 Å². The fourth-order valence-electron chi connectivity index (χ4n) is 2.86. The maximum absolute atomic E-state index is 12.5. The highest BCUT2D eigenvalue weighted by Gasteiger charge is 2.25. The van der Waals surface area contributed by atoms with Crippen molar-refractivity contribution in [1.82, 2.24) is 5.32 Å². The van der Waals surface area contributed by atoms with E-state index in [-0.39, 0.29) is 24.3 Å². The van der Waals surface area contributed by atoms with Crippen molar-refractivity contribution in [3.8, 4) is 0 Å². The van der Waals surface area contributed by atoms with E-state index in [9.17, 15) is 14.4 Å². The smallest absolute Gasteiger partial charge is 0.338 e. The molecule has 1 aliphatic heterocycles. The fourth-order valence-corrected chi connectivity index (χ4v) is 3.72. The van der Waals surface area contributed by atoms with Gasteiger partial charge in [0, 0.05) is 5.69 Å². The van der Waals surface area contributed by atoms with E-state index in [2.05, 4.69) is 15.6 Å². The van der Waals surface area contributed by atoms with Gasteiger partial charge in [0.2, 0.25) is 11.8 Å². The van der Waals surface area contributed by atoms with Crippen LogP contribution in [0.5, 0.6) is 0 Å². The minimum atomic E-state index is -0.483. The summed E-state index contributed by atoms with van der Waals surface area (Å²) in [6.45, 7) is 3.79. The average molecular weight is 426 g/mol. The van der Waals surface area contributed by atoms with E-state index in [1.807, 2.05) is 30.3 Å². The van der Waals surface area contributed by atoms with Gasteiger partial charge in [0.25, 0.3) is 0 Å². The van der Waals surface area contributed by atoms with E-state index in [1.54, 1.807) is 38.1 Å². The van der Waals surface area contributed by atoms with Gasteiger partial charge in [-0.25, -0.2) is 4.79 Å². The van der Waals surface area contributed by atoms with E-state index in [1.165, 1.54) is 11.8 Å². The van der Waals surface area contributed by atoms with Crippen LogP contribution in [0.25, 0.3) is 0 Å². The Kier molecular flexibility index (Phi) is 7.24. The lowest BCUT2D eigenvalue weighted by Crippen LogP contribution is -2.36. The topological polar surface area (TPSA) is 96.9 Å². The predicted molar refractivity (Wildman–Crippen MR) is 117 cm³/mol. The van der Waals surface area contributed by atoms with Crippen molar-refractivity contribution in [3.05, 3.63) is 65.7 Å². The molecular weight excluding hydrogens is 402 g/mol. The summed E-state index contributed by atoms with van der Waals surface area (Å²) < 4.78 is 4.94. The number of esters is 1. The molecule has 3 rings (SSSR count). The van der Waals surface area contributed by atoms with Gasteiger partial charge in [-0.05, 0) is 43.7 Å². The number of ether oxygens (including phenoxy) is 1. The molecule has 0 unspecified atom stereocenters. The first-order valence-electron chi connectivity index (χ1n) is 9.63. The summed E-state index contributed by atoms with van der Waals surface area (Å²) in [6, 6.07) is 15.8. The molecule has 8 heteroatoms. The molecule has 2 atom stereocenters. The number of amidine groups is 1. The highest BCUT2D eigenvalue weighted by molar-refractivity contribution is 8.15. The molecule has 1 heterocycles. The zero-order valence-corrected chi connectivity index (χ0v) is 17.6. The molecule has 2 N–H and O–H groups in total. The van der Waals surface area contributed by atoms with Crippen LogP contribution in [-0.2, 0) is 14.3 Å². The number of hydrogen-bond donors (Lipinski definition) is 2. The Labute approximate surface area is 179 Å². The zero-order chi connectivity index (χ0) is 21.5. The number of anilines is 1. The van der Waals surface area contributed by atoms with Gasteiger partial charge in [-0.15, -0.1) is 0 Å². The number of benzene rings is 2. The second kappa shape index (κ2) is 10.1. The van der Waals surface area contributed by atoms with Gasteiger partial charge in [0.05, 0.1) is 29.9 Å². The standard InChI is InChI=1S/C22H23N3O4S/c1-3-29-21(28)16-9-11-17(12-10-16)23-20(27)14(2)30-22-24-18(13-19(26)25-22)15-7-5-4-6-8-15/h4-12,14,18H,3,13H2,1-2H3,(H,23,27)(H,24,25,26)/t14-,18+/m1/s1. The molecule has 0 aromatic heterocycles. The maximum atomic E-state index is 12.5. The van der Waals surface area contributed by atoms with Crippen molar-refractivity contribution >= 4 is 40.4 Å². The first-order valence-corrected chi connectivity index (χ1v) is 10.5. The highest BCUT2D eigenvalue weighted by atomic mass is 32.2. The predicted octanol–water partition coefficient (Wildman–Crippen LogP) is 3.54. The number of thioether (sulfide) groups is 1. The van der Waals surface area contributed by atoms with Gasteiger partial charge in [-0.3, -0.25) is 14.6 Å². The number of amides is 2. The van der Waals surface area contributed by atoms with Crippen LogP contribution in [0, 0.1) is 0 Å². The molecule has 0 aliphatic carbocycles. The first-order chi connectivity index (χ1) is 14.5. The third-order valence-corrected chi connectivity index (χ3v) is 5.40. The summed E-state index contributed by atoms with van der Waals surface area (Å²) in [5.41, 5.74) is 1.95. The first kappa shape index (κ1) is 21.6. The SMILES string of the molecule is CCOC(=O)c1ccc(NC(=O)[C@@H](C)SC2=N[C@H](c3ccccc3)CC(=O)N2)cc1. The summed E-state index contributed by atoms with van der Waals surface area (Å²) in [4.78, 5) is 40.9. The number of hydrogen-bond acceptors (Lipinski definition) is 6. The molecule has 7 nitrogen and oxygen atoms in total. The monoisotopic (exact) mass is 425 g/mol. The van der Waals surface area contributed by atoms with Crippen LogP contribution in [0.1, 0.15) is 42.2 Å². The summed E-state index contributed by atoms with van der Waals surface area (Å²) in [5.74, 6) is -0.760. The number of carbonyl (C=O) groups excluding carboxylic acids is 3. The van der Waals surface area contributed by atoms with Crippen molar-refractivity contribution in [2.24, 2.45) is 4.99 Å². The van der Waals surface area contributed by atoms with E-state index in [4.69, 9.17) is 4.74 Å². The lowest BCUT2D eigenvalue weighted by atomic mass is 10.0. The highest BCUT2D eigenvalue weighted by Crippen LogP contribution is 2.27. The molecule has 2 aromatic rings. The number of carbonyl (C=O) groups is 3. The summed E-state index contributed by atoms with van der Waals surface area (Å²) in [7, 11) is 0. The summed E-state index contributed by atoms with van der Waals surface area (Å²) >= 11 is 1.20. The van der Waals surface area contributed by atoms with Crippen LogP contribution in [0.15, 0.2) is 59.6 Å². The lowest BCUT2D eigenvalue weighted by molar-refractivity contribution is -0.120. The van der Waals surface area contributed by atoms with Crippen LogP contribution in [0.3, 0.4) is 0 Å². The van der Waals surface area contributed by atoms with E-state index in [0.29, 0.717) is 23.0 Å². The Morgan fingerprint density at radius 3 is 2.57 bits per heavy atom. The molecule has 1 aliphatic rings. The van der Waals surface area contributed by atoms with E-state index < -0.39 is 11.2 Å². The molecule has 156 valence electrons. The molecule has 0 fully saturated rings. The van der Waals surface area contributed by atoms with Crippen molar-refractivity contribution < 1.29 is 19.1 Å². The Hall–Kier alpha value is -3.13. The van der Waals surface area contributed by atoms with Crippen molar-refractivity contribution in [1.29, 1.82) is 0 Å². The number of nitrogens with one attached hydrogen (secondary N) is 2. The normalized spacial score (nSPS) is 16.8. The largest absolute Gasteiger partial charge is 0.462 e. The van der Waals surface area contributed by atoms with Crippen LogP contribution >= 0.6 is 11.8 Å². The Bertz CT molecular complexity index is 945. The third-order valence-electron chi connectivity index (χ3n) is 4.40. The Balaban J connectivity index is 1.61. The van der Waals surface area contributed by atoms with Gasteiger partial charge >= 0.3 is 5.97 Å². The quantitative estimate of drug-likeness (QED) is 0.690. The van der Waals surface area contributed by atoms with Crippen LogP contribution in [-0.4, -0.2) is 34.8 Å². The number of nitrogens with zero attached hydrogens (tertiary/aromatic N) is 1. The molecule has 0 bridgehead atoms. The van der Waals surface area contributed by atoms with Crippen LogP contribution in [0.4, 0.5) is 5.69 Å². The van der Waals surface area contributed by atoms with Crippen molar-refractivity contribution in [3.63, 3.8) is 0 Å². The van der Waals surface area contributed by atoms with Crippen LogP contribution < -0.4 is 10.6 Å². The van der Waals surface area contributed by atoms with Crippen molar-refractivity contribution in [2.75, 3.05) is 11.9 Å². The minimum Gasteiger partial charge on any atom is -0.462 e. The lowest BCUT2D eigenvalue weighted by Gasteiger charge is -2.22. The second-order valence-electron chi connectivity index (χ2n) is 6.66. The van der Waals surface area contributed by atoms with E-state index >= 15 is 0 Å². The molecule has 0 radical (unpaired) electrons. The molecule has 2 aromatic carbocycles. The Morgan fingerprint density at radius 1 is 1.20 bits per heavy atom. The maximum Gasteiger partial charge on any atom is 0.338 e. The molecule has 0 spiro atoms. The Morgan fingerprint density at radius 2 is 1.90 bits per heavy atom. The van der Waals surface area contributed by atoms with Gasteiger partial charge < -0.3 is 15.4 Å². The zero-order valence-electron chi connectivity index (χ0n) is 16.8. The average Bonchev–Trinajstić information content (AvgIpc) is 2.74. The number of aliphatic imine (C=N–C) groups is 1. The van der Waals surface area contributed by atoms with Gasteiger partial charge in [0.1, 0.15) is 0 Å². The third kappa shape index (κ3) is 5.70. The fraction of sp³-hybridized carbons (Fsp3) is 0.273. The van der Waals surface area contributed by atoms with Gasteiger partial charge in [-0.1, -0.05) is 42.1 Å². The minimum absolute atomic E-state index is 0.122. The molecule has 2 amide bonds. The molecular formula is C22H23N3O4S. The van der Waals surface area contributed by atoms with Gasteiger partial charge in [-0.2, -0.15) is 0 Å². The number of rotatable bonds is 6. The summed E-state index contributed by atoms with van der Waals surface area (Å²) in [6.07, 6.45) is 0.279. The molecule has 0 saturated carbocycles.